The lowest BCUT2D eigenvalue weighted by atomic mass is 10.2. The second kappa shape index (κ2) is 7.25. The van der Waals surface area contributed by atoms with Gasteiger partial charge in [-0.05, 0) is 17.7 Å². The minimum atomic E-state index is -0.506. The molecule has 0 saturated heterocycles. The summed E-state index contributed by atoms with van der Waals surface area (Å²) >= 11 is 0. The number of nitrogens with one attached hydrogen (secondary N) is 1. The van der Waals surface area contributed by atoms with E-state index in [2.05, 4.69) is 5.32 Å². The standard InChI is InChI=1S/C13H19N3O3/c1-10(17)16(2)8-7-15-13(18)19-9-11-3-5-12(14)6-4-11/h3-6H,7-9,14H2,1-2H3,(H,15,18). The van der Waals surface area contributed by atoms with Crippen LogP contribution in [0.1, 0.15) is 12.5 Å². The molecule has 19 heavy (non-hydrogen) atoms. The van der Waals surface area contributed by atoms with Gasteiger partial charge < -0.3 is 20.7 Å². The quantitative estimate of drug-likeness (QED) is 0.777. The second-order valence-corrected chi connectivity index (χ2v) is 4.19. The van der Waals surface area contributed by atoms with Crippen LogP contribution in [0.4, 0.5) is 10.5 Å². The molecule has 104 valence electrons. The number of nitrogens with two attached hydrogens (primary N) is 1. The molecule has 0 fully saturated rings. The van der Waals surface area contributed by atoms with Crippen LogP contribution < -0.4 is 11.1 Å². The molecule has 0 unspecified atom stereocenters. The third kappa shape index (κ3) is 5.76. The van der Waals surface area contributed by atoms with Gasteiger partial charge in [0, 0.05) is 32.7 Å². The summed E-state index contributed by atoms with van der Waals surface area (Å²) in [7, 11) is 1.67. The molecule has 6 heteroatoms. The van der Waals surface area contributed by atoms with Gasteiger partial charge in [-0.1, -0.05) is 12.1 Å². The van der Waals surface area contributed by atoms with Gasteiger partial charge in [0.1, 0.15) is 6.61 Å². The summed E-state index contributed by atoms with van der Waals surface area (Å²) in [6, 6.07) is 7.09. The van der Waals surface area contributed by atoms with E-state index in [-0.39, 0.29) is 12.5 Å². The Labute approximate surface area is 112 Å². The van der Waals surface area contributed by atoms with E-state index in [0.29, 0.717) is 18.8 Å². The highest BCUT2D eigenvalue weighted by atomic mass is 16.5. The molecule has 2 amide bonds. The van der Waals surface area contributed by atoms with Crippen LogP contribution in [0.15, 0.2) is 24.3 Å². The van der Waals surface area contributed by atoms with Crippen LogP contribution in [0.3, 0.4) is 0 Å². The molecule has 0 aliphatic heterocycles. The number of anilines is 1. The van der Waals surface area contributed by atoms with Gasteiger partial charge in [-0.15, -0.1) is 0 Å². The first-order valence-electron chi connectivity index (χ1n) is 5.96. The maximum Gasteiger partial charge on any atom is 0.407 e. The molecule has 0 aliphatic rings. The molecule has 0 heterocycles. The third-order valence-corrected chi connectivity index (χ3v) is 2.60. The molecule has 0 aromatic heterocycles. The van der Waals surface area contributed by atoms with Crippen molar-refractivity contribution < 1.29 is 14.3 Å². The minimum absolute atomic E-state index is 0.0444. The van der Waals surface area contributed by atoms with Crippen LogP contribution >= 0.6 is 0 Å². The highest BCUT2D eigenvalue weighted by Gasteiger charge is 2.05. The van der Waals surface area contributed by atoms with Crippen molar-refractivity contribution in [3.63, 3.8) is 0 Å². The van der Waals surface area contributed by atoms with Crippen molar-refractivity contribution in [3.8, 4) is 0 Å². The summed E-state index contributed by atoms with van der Waals surface area (Å²) in [5.41, 5.74) is 7.08. The molecule has 0 saturated carbocycles. The van der Waals surface area contributed by atoms with Gasteiger partial charge in [-0.25, -0.2) is 4.79 Å². The predicted molar refractivity (Wildman–Crippen MR) is 72.4 cm³/mol. The van der Waals surface area contributed by atoms with Crippen molar-refractivity contribution >= 4 is 17.7 Å². The lowest BCUT2D eigenvalue weighted by molar-refractivity contribution is -0.127. The van der Waals surface area contributed by atoms with Crippen LogP contribution in [0, 0.1) is 0 Å². The van der Waals surface area contributed by atoms with Crippen molar-refractivity contribution in [1.82, 2.24) is 10.2 Å². The van der Waals surface area contributed by atoms with Crippen molar-refractivity contribution in [3.05, 3.63) is 29.8 Å². The maximum atomic E-state index is 11.4. The zero-order chi connectivity index (χ0) is 14.3. The number of rotatable bonds is 5. The summed E-state index contributed by atoms with van der Waals surface area (Å²) in [6.45, 7) is 2.47. The Kier molecular flexibility index (Phi) is 5.66. The zero-order valence-electron chi connectivity index (χ0n) is 11.2. The average Bonchev–Trinajstić information content (AvgIpc) is 2.37. The molecule has 1 rings (SSSR count). The number of likely N-dealkylation sites (N-methyl/N-ethyl adjacent to an activating group) is 1. The third-order valence-electron chi connectivity index (χ3n) is 2.60. The average molecular weight is 265 g/mol. The van der Waals surface area contributed by atoms with E-state index in [4.69, 9.17) is 10.5 Å². The van der Waals surface area contributed by atoms with Crippen molar-refractivity contribution in [2.75, 3.05) is 25.9 Å². The first kappa shape index (κ1) is 14.8. The minimum Gasteiger partial charge on any atom is -0.445 e. The number of nitrogens with zero attached hydrogens (tertiary/aromatic N) is 1. The Morgan fingerprint density at radius 3 is 2.53 bits per heavy atom. The molecule has 6 nitrogen and oxygen atoms in total. The van der Waals surface area contributed by atoms with Crippen molar-refractivity contribution in [2.45, 2.75) is 13.5 Å². The van der Waals surface area contributed by atoms with Crippen LogP contribution in [-0.2, 0) is 16.1 Å². The van der Waals surface area contributed by atoms with Crippen LogP contribution in [0.2, 0.25) is 0 Å². The van der Waals surface area contributed by atoms with Gasteiger partial charge in [0.15, 0.2) is 0 Å². The van der Waals surface area contributed by atoms with E-state index >= 15 is 0 Å². The molecule has 1 aromatic rings. The van der Waals surface area contributed by atoms with E-state index < -0.39 is 6.09 Å². The SMILES string of the molecule is CC(=O)N(C)CCNC(=O)OCc1ccc(N)cc1. The fourth-order valence-corrected chi connectivity index (χ4v) is 1.30. The number of benzene rings is 1. The van der Waals surface area contributed by atoms with Crippen molar-refractivity contribution in [2.24, 2.45) is 0 Å². The molecule has 1 aromatic carbocycles. The Balaban J connectivity index is 2.21. The van der Waals surface area contributed by atoms with Crippen molar-refractivity contribution in [1.29, 1.82) is 0 Å². The van der Waals surface area contributed by atoms with E-state index in [1.54, 1.807) is 31.3 Å². The van der Waals surface area contributed by atoms with E-state index in [1.807, 2.05) is 0 Å². The lowest BCUT2D eigenvalue weighted by Gasteiger charge is -2.14. The zero-order valence-corrected chi connectivity index (χ0v) is 11.2. The van der Waals surface area contributed by atoms with Gasteiger partial charge >= 0.3 is 6.09 Å². The number of hydrogen-bond acceptors (Lipinski definition) is 4. The van der Waals surface area contributed by atoms with E-state index in [1.165, 1.54) is 11.8 Å². The highest BCUT2D eigenvalue weighted by Crippen LogP contribution is 2.06. The highest BCUT2D eigenvalue weighted by molar-refractivity contribution is 5.73. The molecule has 0 radical (unpaired) electrons. The predicted octanol–water partition coefficient (Wildman–Crippen LogP) is 0.973. The fraction of sp³-hybridized carbons (Fsp3) is 0.385. The molecule has 0 atom stereocenters. The second-order valence-electron chi connectivity index (χ2n) is 4.19. The molecule has 3 N–H and O–H groups in total. The first-order valence-corrected chi connectivity index (χ1v) is 5.96. The van der Waals surface area contributed by atoms with Gasteiger partial charge in [0.2, 0.25) is 5.91 Å². The molecular formula is C13H19N3O3. The summed E-state index contributed by atoms with van der Waals surface area (Å²) in [6.07, 6.45) is -0.506. The fourth-order valence-electron chi connectivity index (χ4n) is 1.30. The number of carbonyl (C=O) groups excluding carboxylic acids is 2. The number of nitrogen functional groups attached to an aromatic ring is 1. The monoisotopic (exact) mass is 265 g/mol. The van der Waals surface area contributed by atoms with E-state index in [9.17, 15) is 9.59 Å². The largest absolute Gasteiger partial charge is 0.445 e. The topological polar surface area (TPSA) is 84.7 Å². The van der Waals surface area contributed by atoms with Crippen LogP contribution in [0.5, 0.6) is 0 Å². The first-order chi connectivity index (χ1) is 8.99. The molecule has 0 spiro atoms. The van der Waals surface area contributed by atoms with Gasteiger partial charge in [-0.2, -0.15) is 0 Å². The lowest BCUT2D eigenvalue weighted by Crippen LogP contribution is -2.35. The number of amides is 2. The molecular weight excluding hydrogens is 246 g/mol. The number of hydrogen-bond donors (Lipinski definition) is 2. The van der Waals surface area contributed by atoms with Gasteiger partial charge in [0.05, 0.1) is 0 Å². The van der Waals surface area contributed by atoms with E-state index in [0.717, 1.165) is 5.56 Å². The number of ether oxygens (including phenoxy) is 1. The summed E-state index contributed by atoms with van der Waals surface area (Å²) < 4.78 is 5.02. The molecule has 0 aliphatic carbocycles. The Morgan fingerprint density at radius 2 is 1.95 bits per heavy atom. The smallest absolute Gasteiger partial charge is 0.407 e. The summed E-state index contributed by atoms with van der Waals surface area (Å²) in [5, 5.41) is 2.57. The summed E-state index contributed by atoms with van der Waals surface area (Å²) in [5.74, 6) is -0.0444. The number of alkyl carbamates (subject to hydrolysis) is 1. The Morgan fingerprint density at radius 1 is 1.32 bits per heavy atom. The number of carbonyl (C=O) groups is 2. The van der Waals surface area contributed by atoms with Gasteiger partial charge in [-0.3, -0.25) is 4.79 Å². The maximum absolute atomic E-state index is 11.4. The van der Waals surface area contributed by atoms with Crippen LogP contribution in [-0.4, -0.2) is 37.0 Å². The Bertz CT molecular complexity index is 431. The Hall–Kier alpha value is -2.24. The van der Waals surface area contributed by atoms with Gasteiger partial charge in [0.25, 0.3) is 0 Å². The molecule has 0 bridgehead atoms. The summed E-state index contributed by atoms with van der Waals surface area (Å²) in [4.78, 5) is 23.8. The normalized spacial score (nSPS) is 9.79. The van der Waals surface area contributed by atoms with Crippen LogP contribution in [0.25, 0.3) is 0 Å².